The first-order valence-corrected chi connectivity index (χ1v) is 11.9. The molecule has 4 bridgehead atoms. The predicted octanol–water partition coefficient (Wildman–Crippen LogP) is 5.20. The zero-order chi connectivity index (χ0) is 22.4. The summed E-state index contributed by atoms with van der Waals surface area (Å²) in [5.74, 6) is 0.173. The zero-order valence-corrected chi connectivity index (χ0v) is 18.7. The fourth-order valence-electron chi connectivity index (χ4n) is 8.10. The number of carbonyl (C=O) groups excluding carboxylic acids is 2. The van der Waals surface area contributed by atoms with Crippen LogP contribution in [0.1, 0.15) is 29.4 Å². The number of hydrogen-bond donors (Lipinski definition) is 0. The van der Waals surface area contributed by atoms with E-state index in [0.717, 1.165) is 6.42 Å². The number of rotatable bonds is 2. The smallest absolute Gasteiger partial charge is 0.310 e. The fourth-order valence-corrected chi connectivity index (χ4v) is 8.10. The molecule has 33 heavy (non-hydrogen) atoms. The number of benzene rings is 3. The third-order valence-electron chi connectivity index (χ3n) is 9.19. The highest BCUT2D eigenvalue weighted by molar-refractivity contribution is 5.99. The maximum Gasteiger partial charge on any atom is 0.310 e. The summed E-state index contributed by atoms with van der Waals surface area (Å²) in [5.41, 5.74) is 2.89. The van der Waals surface area contributed by atoms with E-state index in [4.69, 9.17) is 9.47 Å². The monoisotopic (exact) mass is 438 g/mol. The van der Waals surface area contributed by atoms with E-state index in [1.807, 2.05) is 0 Å². The molecule has 5 aliphatic rings. The second-order valence-electron chi connectivity index (χ2n) is 10.3. The number of ether oxygens (including phenoxy) is 2. The standard InChI is InChI=1S/C29H26O4/c1-32-28(30)26-18-7-8-19(27(26)29(31)33-2)25-23-13-22(24(18)25)20-11-16-9-14-5-3-4-6-15(14)10-17(16)12-21(20)23/h3-12,18-19,22-27H,13H2,1-2H3/t18-,19+,22-,23+,24-,25+,26-,27-/m1/s1. The van der Waals surface area contributed by atoms with Crippen LogP contribution in [0, 0.1) is 35.5 Å². The average molecular weight is 439 g/mol. The van der Waals surface area contributed by atoms with Gasteiger partial charge in [-0.2, -0.15) is 0 Å². The van der Waals surface area contributed by atoms with Crippen molar-refractivity contribution in [3.63, 3.8) is 0 Å². The third-order valence-corrected chi connectivity index (χ3v) is 9.19. The molecule has 0 spiro atoms. The first-order chi connectivity index (χ1) is 16.1. The van der Waals surface area contributed by atoms with Crippen LogP contribution in [-0.4, -0.2) is 26.2 Å². The van der Waals surface area contributed by atoms with Gasteiger partial charge >= 0.3 is 11.9 Å². The van der Waals surface area contributed by atoms with E-state index in [2.05, 4.69) is 60.7 Å². The summed E-state index contributed by atoms with van der Waals surface area (Å²) in [7, 11) is 2.85. The molecule has 4 heteroatoms. The molecule has 0 saturated heterocycles. The molecule has 8 rings (SSSR count). The van der Waals surface area contributed by atoms with E-state index in [-0.39, 0.29) is 23.8 Å². The van der Waals surface area contributed by atoms with Crippen molar-refractivity contribution in [2.24, 2.45) is 35.5 Å². The molecule has 0 radical (unpaired) electrons. The normalized spacial score (nSPS) is 35.0. The van der Waals surface area contributed by atoms with Gasteiger partial charge in [-0.25, -0.2) is 0 Å². The van der Waals surface area contributed by atoms with Crippen molar-refractivity contribution in [2.75, 3.05) is 14.2 Å². The molecule has 0 unspecified atom stereocenters. The Morgan fingerprint density at radius 3 is 1.58 bits per heavy atom. The zero-order valence-electron chi connectivity index (χ0n) is 18.7. The second kappa shape index (κ2) is 6.69. The molecule has 0 heterocycles. The van der Waals surface area contributed by atoms with Gasteiger partial charge in [-0.3, -0.25) is 9.59 Å². The highest BCUT2D eigenvalue weighted by Gasteiger charge is 2.65. The van der Waals surface area contributed by atoms with Crippen LogP contribution >= 0.6 is 0 Å². The van der Waals surface area contributed by atoms with E-state index in [1.54, 1.807) is 0 Å². The molecule has 166 valence electrons. The molecule has 5 aliphatic carbocycles. The van der Waals surface area contributed by atoms with Gasteiger partial charge in [-0.05, 0) is 86.7 Å². The van der Waals surface area contributed by atoms with Crippen molar-refractivity contribution in [2.45, 2.75) is 18.3 Å². The van der Waals surface area contributed by atoms with E-state index in [9.17, 15) is 9.59 Å². The maximum atomic E-state index is 12.9. The van der Waals surface area contributed by atoms with Crippen molar-refractivity contribution in [1.29, 1.82) is 0 Å². The largest absolute Gasteiger partial charge is 0.469 e. The summed E-state index contributed by atoms with van der Waals surface area (Å²) in [4.78, 5) is 25.7. The molecule has 3 aromatic rings. The maximum absolute atomic E-state index is 12.9. The summed E-state index contributed by atoms with van der Waals surface area (Å²) < 4.78 is 10.4. The molecule has 0 amide bonds. The Labute approximate surface area is 192 Å². The number of carbonyl (C=O) groups is 2. The number of methoxy groups -OCH3 is 2. The van der Waals surface area contributed by atoms with Crippen molar-refractivity contribution in [3.05, 3.63) is 71.8 Å². The Morgan fingerprint density at radius 2 is 1.15 bits per heavy atom. The highest BCUT2D eigenvalue weighted by Crippen LogP contribution is 2.70. The highest BCUT2D eigenvalue weighted by atomic mass is 16.5. The van der Waals surface area contributed by atoms with E-state index in [0.29, 0.717) is 23.7 Å². The summed E-state index contributed by atoms with van der Waals surface area (Å²) >= 11 is 0. The number of esters is 2. The first-order valence-electron chi connectivity index (χ1n) is 11.9. The van der Waals surface area contributed by atoms with Crippen LogP contribution in [-0.2, 0) is 19.1 Å². The van der Waals surface area contributed by atoms with Gasteiger partial charge in [0.15, 0.2) is 0 Å². The van der Waals surface area contributed by atoms with Crippen LogP contribution in [0.5, 0.6) is 0 Å². The Hall–Kier alpha value is -3.14. The van der Waals surface area contributed by atoms with Gasteiger partial charge in [-0.15, -0.1) is 0 Å². The lowest BCUT2D eigenvalue weighted by Crippen LogP contribution is -2.55. The molecule has 0 N–H and O–H groups in total. The van der Waals surface area contributed by atoms with Gasteiger partial charge in [0.1, 0.15) is 0 Å². The molecular formula is C29H26O4. The minimum Gasteiger partial charge on any atom is -0.469 e. The second-order valence-corrected chi connectivity index (χ2v) is 10.3. The van der Waals surface area contributed by atoms with Crippen molar-refractivity contribution in [3.8, 4) is 0 Å². The average Bonchev–Trinajstić information content (AvgIpc) is 3.43. The Balaban J connectivity index is 1.38. The number of allylic oxidation sites excluding steroid dienone is 2. The number of fused-ring (bicyclic) bond motifs is 8. The minimum absolute atomic E-state index is 0.0204. The van der Waals surface area contributed by atoms with Crippen LogP contribution in [0.2, 0.25) is 0 Å². The van der Waals surface area contributed by atoms with Crippen LogP contribution < -0.4 is 0 Å². The van der Waals surface area contributed by atoms with Crippen molar-refractivity contribution < 1.29 is 19.1 Å². The summed E-state index contributed by atoms with van der Waals surface area (Å²) in [6.07, 6.45) is 5.50. The Kier molecular flexibility index (Phi) is 3.92. The Bertz CT molecular complexity index is 1270. The van der Waals surface area contributed by atoms with E-state index >= 15 is 0 Å². The molecule has 0 aromatic heterocycles. The SMILES string of the molecule is COC(=O)[C@@H]1[C@H]2C=C[C@@H]([C@H]1C(=O)OC)[C@H]1[C@@H]2[C@H]2C[C@@H]1c1cc3cc4ccccc4cc3cc12. The molecule has 4 nitrogen and oxygen atoms in total. The fraction of sp³-hybridized carbons (Fsp3) is 0.379. The lowest BCUT2D eigenvalue weighted by molar-refractivity contribution is -0.169. The van der Waals surface area contributed by atoms with Crippen LogP contribution in [0.25, 0.3) is 21.5 Å². The Morgan fingerprint density at radius 1 is 0.697 bits per heavy atom. The first kappa shape index (κ1) is 19.3. The van der Waals surface area contributed by atoms with Gasteiger partial charge in [0.05, 0.1) is 26.1 Å². The van der Waals surface area contributed by atoms with Crippen LogP contribution in [0.4, 0.5) is 0 Å². The van der Waals surface area contributed by atoms with E-state index < -0.39 is 11.8 Å². The lowest BCUT2D eigenvalue weighted by Gasteiger charge is -2.53. The molecule has 2 saturated carbocycles. The molecule has 3 aromatic carbocycles. The van der Waals surface area contributed by atoms with Gasteiger partial charge in [-0.1, -0.05) is 48.6 Å². The summed E-state index contributed by atoms with van der Waals surface area (Å²) in [6, 6.07) is 17.9. The summed E-state index contributed by atoms with van der Waals surface area (Å²) in [6.45, 7) is 0. The molecule has 8 atom stereocenters. The molecular weight excluding hydrogens is 412 g/mol. The topological polar surface area (TPSA) is 52.6 Å². The van der Waals surface area contributed by atoms with Gasteiger partial charge in [0.25, 0.3) is 0 Å². The third kappa shape index (κ3) is 2.41. The predicted molar refractivity (Wildman–Crippen MR) is 126 cm³/mol. The van der Waals surface area contributed by atoms with Crippen molar-refractivity contribution >= 4 is 33.5 Å². The lowest BCUT2D eigenvalue weighted by atomic mass is 9.49. The number of hydrogen-bond acceptors (Lipinski definition) is 4. The van der Waals surface area contributed by atoms with Crippen LogP contribution in [0.15, 0.2) is 60.7 Å². The molecule has 2 fully saturated rings. The summed E-state index contributed by atoms with van der Waals surface area (Å²) in [5, 5.41) is 5.09. The molecule has 0 aliphatic heterocycles. The van der Waals surface area contributed by atoms with Gasteiger partial charge in [0.2, 0.25) is 0 Å². The quantitative estimate of drug-likeness (QED) is 0.313. The van der Waals surface area contributed by atoms with Gasteiger partial charge < -0.3 is 9.47 Å². The van der Waals surface area contributed by atoms with Gasteiger partial charge in [0, 0.05) is 0 Å². The van der Waals surface area contributed by atoms with Crippen molar-refractivity contribution in [1.82, 2.24) is 0 Å². The van der Waals surface area contributed by atoms with Crippen LogP contribution in [0.3, 0.4) is 0 Å². The van der Waals surface area contributed by atoms with E-state index in [1.165, 1.54) is 46.9 Å². The minimum atomic E-state index is -0.453.